The molecule has 76 valence electrons. The molecule has 0 aliphatic carbocycles. The summed E-state index contributed by atoms with van der Waals surface area (Å²) in [5.74, 6) is 0.797. The fourth-order valence-electron chi connectivity index (χ4n) is 1.32. The third-order valence-corrected chi connectivity index (χ3v) is 2.23. The molecule has 2 aromatic heterocycles. The Morgan fingerprint density at radius 3 is 2.93 bits per heavy atom. The first-order chi connectivity index (χ1) is 7.11. The molecule has 6 heteroatoms. The number of pyridine rings is 1. The van der Waals surface area contributed by atoms with E-state index < -0.39 is 0 Å². The van der Waals surface area contributed by atoms with Gasteiger partial charge in [-0.25, -0.2) is 15.0 Å². The van der Waals surface area contributed by atoms with Gasteiger partial charge in [0.15, 0.2) is 11.2 Å². The van der Waals surface area contributed by atoms with Crippen LogP contribution in [0.2, 0.25) is 5.15 Å². The Bertz CT molecular complexity index is 551. The van der Waals surface area contributed by atoms with Crippen molar-refractivity contribution in [3.05, 3.63) is 16.9 Å². The Morgan fingerprint density at radius 2 is 2.33 bits per heavy atom. The quantitative estimate of drug-likeness (QED) is 0.731. The number of imidazole rings is 1. The van der Waals surface area contributed by atoms with Crippen molar-refractivity contribution in [1.82, 2.24) is 9.97 Å². The zero-order valence-electron chi connectivity index (χ0n) is 8.30. The summed E-state index contributed by atoms with van der Waals surface area (Å²) < 4.78 is 0. The highest BCUT2D eigenvalue weighted by atomic mass is 35.5. The second kappa shape index (κ2) is 3.41. The summed E-state index contributed by atoms with van der Waals surface area (Å²) in [6, 6.07) is 3.68. The summed E-state index contributed by atoms with van der Waals surface area (Å²) in [7, 11) is 3.78. The number of hydrogen-bond acceptors (Lipinski definition) is 3. The van der Waals surface area contributed by atoms with Gasteiger partial charge in [0.25, 0.3) is 0 Å². The maximum Gasteiger partial charge on any atom is 0.355 e. The molecule has 0 aliphatic heterocycles. The fraction of sp³-hybridized carbons (Fsp3) is 0.222. The van der Waals surface area contributed by atoms with E-state index in [1.165, 1.54) is 0 Å². The molecule has 0 unspecified atom stereocenters. The highest BCUT2D eigenvalue weighted by Gasteiger charge is 2.15. The summed E-state index contributed by atoms with van der Waals surface area (Å²) >= 11 is 5.78. The van der Waals surface area contributed by atoms with Crippen LogP contribution in [0.25, 0.3) is 11.0 Å². The minimum absolute atomic E-state index is 0.293. The van der Waals surface area contributed by atoms with Crippen LogP contribution in [0.15, 0.2) is 6.07 Å². The predicted octanol–water partition coefficient (Wildman–Crippen LogP) is 0.968. The minimum Gasteiger partial charge on any atom is -0.270 e. The molecule has 0 spiro atoms. The summed E-state index contributed by atoms with van der Waals surface area (Å²) in [6.45, 7) is 0. The van der Waals surface area contributed by atoms with Crippen molar-refractivity contribution in [3.8, 4) is 6.07 Å². The second-order valence-electron chi connectivity index (χ2n) is 3.32. The standard InChI is InChI=1S/C9H8ClN5/c1-15(2)9-13-5-3-7(10)12-6(4-11)8(5)14-9/h3H,1-2H3,(H,13,14)/p+1. The number of rotatable bonds is 1. The number of aromatic nitrogens is 3. The van der Waals surface area contributed by atoms with Gasteiger partial charge in [-0.15, -0.1) is 0 Å². The zero-order chi connectivity index (χ0) is 11.0. The zero-order valence-corrected chi connectivity index (χ0v) is 9.05. The molecule has 0 aromatic carbocycles. The Labute approximate surface area is 91.3 Å². The van der Waals surface area contributed by atoms with Crippen molar-refractivity contribution >= 4 is 28.6 Å². The largest absolute Gasteiger partial charge is 0.355 e. The molecule has 0 bridgehead atoms. The normalized spacial score (nSPS) is 10.3. The Balaban J connectivity index is 2.75. The van der Waals surface area contributed by atoms with Crippen LogP contribution in [-0.2, 0) is 0 Å². The lowest BCUT2D eigenvalue weighted by molar-refractivity contribution is -0.329. The number of nitrogens with zero attached hydrogens (tertiary/aromatic N) is 3. The maximum atomic E-state index is 8.89. The van der Waals surface area contributed by atoms with Gasteiger partial charge in [0, 0.05) is 6.07 Å². The molecular formula is C9H9ClN5+. The van der Waals surface area contributed by atoms with E-state index in [1.54, 1.807) is 6.07 Å². The topological polar surface area (TPSA) is 69.8 Å². The maximum absolute atomic E-state index is 8.89. The van der Waals surface area contributed by atoms with Crippen molar-refractivity contribution in [3.63, 3.8) is 0 Å². The lowest BCUT2D eigenvalue weighted by Crippen LogP contribution is -2.18. The number of nitrogens with one attached hydrogen (secondary N) is 2. The van der Waals surface area contributed by atoms with Crippen LogP contribution in [0.3, 0.4) is 0 Å². The van der Waals surface area contributed by atoms with E-state index in [4.69, 9.17) is 16.9 Å². The molecule has 0 saturated carbocycles. The van der Waals surface area contributed by atoms with E-state index in [9.17, 15) is 0 Å². The van der Waals surface area contributed by atoms with E-state index >= 15 is 0 Å². The van der Waals surface area contributed by atoms with Gasteiger partial charge >= 0.3 is 5.95 Å². The van der Waals surface area contributed by atoms with Crippen LogP contribution in [-0.4, -0.2) is 24.1 Å². The molecule has 2 aromatic rings. The van der Waals surface area contributed by atoms with Gasteiger partial charge in [0.1, 0.15) is 16.7 Å². The lowest BCUT2D eigenvalue weighted by atomic mass is 10.3. The van der Waals surface area contributed by atoms with E-state index in [-0.39, 0.29) is 0 Å². The molecular weight excluding hydrogens is 214 g/mol. The van der Waals surface area contributed by atoms with Crippen LogP contribution in [0.5, 0.6) is 0 Å². The van der Waals surface area contributed by atoms with Gasteiger partial charge in [0.2, 0.25) is 0 Å². The lowest BCUT2D eigenvalue weighted by Gasteiger charge is -1.97. The number of anilines is 1. The average Bonchev–Trinajstić information content (AvgIpc) is 2.59. The third-order valence-electron chi connectivity index (χ3n) is 2.04. The van der Waals surface area contributed by atoms with Crippen LogP contribution in [0.1, 0.15) is 5.69 Å². The van der Waals surface area contributed by atoms with E-state index in [0.29, 0.717) is 16.4 Å². The van der Waals surface area contributed by atoms with Crippen molar-refractivity contribution < 1.29 is 4.98 Å². The molecule has 5 nitrogen and oxygen atoms in total. The number of aromatic amines is 2. The van der Waals surface area contributed by atoms with Crippen molar-refractivity contribution in [2.75, 3.05) is 19.0 Å². The summed E-state index contributed by atoms with van der Waals surface area (Å²) in [5, 5.41) is 9.19. The molecule has 0 radical (unpaired) electrons. The first-order valence-corrected chi connectivity index (χ1v) is 4.68. The fourth-order valence-corrected chi connectivity index (χ4v) is 1.51. The number of nitriles is 1. The molecule has 0 fully saturated rings. The number of H-pyrrole nitrogens is 2. The molecule has 0 amide bonds. The number of halogens is 1. The van der Waals surface area contributed by atoms with Crippen LogP contribution >= 0.6 is 11.6 Å². The smallest absolute Gasteiger partial charge is 0.270 e. The molecule has 2 rings (SSSR count). The van der Waals surface area contributed by atoms with Crippen LogP contribution in [0.4, 0.5) is 5.95 Å². The molecule has 15 heavy (non-hydrogen) atoms. The Morgan fingerprint density at radius 1 is 1.60 bits per heavy atom. The molecule has 2 heterocycles. The summed E-state index contributed by atoms with van der Waals surface area (Å²) in [5.41, 5.74) is 1.74. The van der Waals surface area contributed by atoms with Gasteiger partial charge in [-0.05, 0) is 0 Å². The van der Waals surface area contributed by atoms with Gasteiger partial charge in [-0.3, -0.25) is 4.90 Å². The Kier molecular flexibility index (Phi) is 2.21. The first kappa shape index (κ1) is 9.74. The van der Waals surface area contributed by atoms with Crippen molar-refractivity contribution in [2.45, 2.75) is 0 Å². The van der Waals surface area contributed by atoms with Crippen LogP contribution in [0, 0.1) is 11.3 Å². The predicted molar refractivity (Wildman–Crippen MR) is 56.7 cm³/mol. The number of hydrogen-bond donors (Lipinski definition) is 1. The third kappa shape index (κ3) is 1.60. The Hall–Kier alpha value is -1.80. The number of fused-ring (bicyclic) bond motifs is 1. The molecule has 2 N–H and O–H groups in total. The van der Waals surface area contributed by atoms with Gasteiger partial charge in [-0.1, -0.05) is 11.6 Å². The van der Waals surface area contributed by atoms with Crippen molar-refractivity contribution in [2.24, 2.45) is 0 Å². The van der Waals surface area contributed by atoms with Gasteiger partial charge in [-0.2, -0.15) is 5.26 Å². The van der Waals surface area contributed by atoms with E-state index in [0.717, 1.165) is 11.5 Å². The minimum atomic E-state index is 0.293. The SMILES string of the molecule is CN(C)c1[nH]c2cc(Cl)nc(C#N)c2[nH+]1. The molecule has 0 saturated heterocycles. The average molecular weight is 223 g/mol. The van der Waals surface area contributed by atoms with E-state index in [1.807, 2.05) is 25.1 Å². The monoisotopic (exact) mass is 222 g/mol. The van der Waals surface area contributed by atoms with Gasteiger partial charge in [0.05, 0.1) is 14.1 Å². The summed E-state index contributed by atoms with van der Waals surface area (Å²) in [4.78, 5) is 12.0. The van der Waals surface area contributed by atoms with E-state index in [2.05, 4.69) is 15.0 Å². The first-order valence-electron chi connectivity index (χ1n) is 4.31. The van der Waals surface area contributed by atoms with Gasteiger partial charge < -0.3 is 0 Å². The second-order valence-corrected chi connectivity index (χ2v) is 3.71. The molecule has 0 atom stereocenters. The van der Waals surface area contributed by atoms with Crippen molar-refractivity contribution in [1.29, 1.82) is 5.26 Å². The molecule has 0 aliphatic rings. The highest BCUT2D eigenvalue weighted by Crippen LogP contribution is 2.17. The summed E-state index contributed by atoms with van der Waals surface area (Å²) in [6.07, 6.45) is 0. The van der Waals surface area contributed by atoms with Crippen LogP contribution < -0.4 is 9.88 Å². The highest BCUT2D eigenvalue weighted by molar-refractivity contribution is 6.30.